The number of hydrogen-bond acceptors (Lipinski definition) is 13. The van der Waals surface area contributed by atoms with Gasteiger partial charge in [-0.15, -0.1) is 0 Å². The number of anilines is 2. The Kier molecular flexibility index (Phi) is 35.7. The maximum Gasteiger partial charge on any atom is 0.326 e. The lowest BCUT2D eigenvalue weighted by atomic mass is 9.96. The Labute approximate surface area is 529 Å². The van der Waals surface area contributed by atoms with Gasteiger partial charge in [0.2, 0.25) is 17.7 Å². The lowest BCUT2D eigenvalue weighted by molar-refractivity contribution is -0.153. The van der Waals surface area contributed by atoms with Crippen LogP contribution in [0.1, 0.15) is 117 Å². The van der Waals surface area contributed by atoms with E-state index in [1.807, 2.05) is 159 Å². The molecule has 0 bridgehead atoms. The van der Waals surface area contributed by atoms with Crippen LogP contribution in [0.4, 0.5) is 21.0 Å². The maximum atomic E-state index is 13.5. The van der Waals surface area contributed by atoms with Crippen LogP contribution in [-0.4, -0.2) is 141 Å². The molecule has 0 aliphatic heterocycles. The van der Waals surface area contributed by atoms with Crippen molar-refractivity contribution in [3.05, 3.63) is 131 Å². The molecule has 4 aromatic rings. The highest BCUT2D eigenvalue weighted by Crippen LogP contribution is 2.21. The first-order valence-corrected chi connectivity index (χ1v) is 30.9. The lowest BCUT2D eigenvalue weighted by Gasteiger charge is -2.29. The van der Waals surface area contributed by atoms with Crippen LogP contribution in [0.15, 0.2) is 109 Å². The molecule has 21 heteroatoms. The molecule has 7 amide bonds. The predicted octanol–water partition coefficient (Wildman–Crippen LogP) is 8.38. The van der Waals surface area contributed by atoms with Crippen LogP contribution >= 0.6 is 0 Å². The highest BCUT2D eigenvalue weighted by Gasteiger charge is 2.31. The summed E-state index contributed by atoms with van der Waals surface area (Å²) in [6, 6.07) is 32.0. The van der Waals surface area contributed by atoms with E-state index < -0.39 is 30.1 Å². The van der Waals surface area contributed by atoms with Crippen LogP contribution in [-0.2, 0) is 64.3 Å². The number of carbonyl (C=O) groups excluding carboxylic acids is 7. The third-order valence-electron chi connectivity index (χ3n) is 15.5. The number of nitrogens with zero attached hydrogens (tertiary/aromatic N) is 3. The van der Waals surface area contributed by atoms with Gasteiger partial charge in [-0.25, -0.2) is 14.4 Å². The molecule has 492 valence electrons. The summed E-state index contributed by atoms with van der Waals surface area (Å²) >= 11 is 0. The standard InChI is InChI=1S/C34H51N5O5.C22H30N2O2.C12H23N3O4/c1-23(2)25(5)31(40)37-29(14-11-20-36-34(35)43)32(41)39(7)28-17-15-26(16-18-28)19-21-38(6)30(24(3)4)33(42)44-22-27-12-9-8-10-13-27;1-17(2)21(22(25)26-16-19-8-6-5-7-9-19)24(4)15-14-18-10-12-20(23-3)13-11-18;1-7(2)8(3)10(16)15-9(11(17)18)5-4-6-14-12(13)19/h8-10,12-13,15-18,23-25,29-30H,11,14,19-22H2,1-7H3,(H,37,40)(H3,35,36,43);5-13,17,21,23H,14-16H2,1-4H3;7-9H,4-6H2,1-3H3,(H,15,16)(H,17,18)(H3,13,14,19)/t25-,29-,30-;21-;8-,9-/m000/s1. The number of amides is 7. The molecule has 0 aliphatic carbocycles. The van der Waals surface area contributed by atoms with Crippen LogP contribution in [0.5, 0.6) is 0 Å². The van der Waals surface area contributed by atoms with E-state index in [1.54, 1.807) is 18.9 Å². The van der Waals surface area contributed by atoms with E-state index in [0.717, 1.165) is 35.3 Å². The number of likely N-dealkylation sites (N-methyl/N-ethyl adjacent to an activating group) is 3. The van der Waals surface area contributed by atoms with Gasteiger partial charge in [0.1, 0.15) is 37.4 Å². The normalized spacial score (nSPS) is 13.1. The van der Waals surface area contributed by atoms with Gasteiger partial charge in [0.15, 0.2) is 0 Å². The molecule has 0 spiro atoms. The molecule has 0 fully saturated rings. The van der Waals surface area contributed by atoms with Gasteiger partial charge in [0, 0.05) is 63.5 Å². The summed E-state index contributed by atoms with van der Waals surface area (Å²) in [6.07, 6.45) is 3.11. The Hall–Kier alpha value is -8.04. The number of carboxylic acid groups (broad SMARTS) is 1. The van der Waals surface area contributed by atoms with Crippen LogP contribution in [0, 0.1) is 35.5 Å². The number of aliphatic carboxylic acids is 1. The zero-order valence-corrected chi connectivity index (χ0v) is 55.2. The average molecular weight is 1240 g/mol. The van der Waals surface area contributed by atoms with E-state index in [4.69, 9.17) is 26.0 Å². The maximum absolute atomic E-state index is 13.5. The highest BCUT2D eigenvalue weighted by molar-refractivity contribution is 5.99. The summed E-state index contributed by atoms with van der Waals surface area (Å²) in [7, 11) is 7.53. The zero-order valence-electron chi connectivity index (χ0n) is 55.2. The molecule has 0 aliphatic rings. The van der Waals surface area contributed by atoms with Crippen molar-refractivity contribution < 1.29 is 52.9 Å². The smallest absolute Gasteiger partial charge is 0.326 e. The number of primary amides is 2. The fraction of sp³-hybridized carbons (Fsp3) is 0.529. The minimum absolute atomic E-state index is 0.0776. The molecule has 0 heterocycles. The third-order valence-corrected chi connectivity index (χ3v) is 15.5. The molecule has 0 radical (unpaired) electrons. The van der Waals surface area contributed by atoms with Crippen molar-refractivity contribution in [2.75, 3.05) is 64.6 Å². The Balaban J connectivity index is 0.000000506. The van der Waals surface area contributed by atoms with E-state index in [1.165, 1.54) is 5.56 Å². The largest absolute Gasteiger partial charge is 0.480 e. The number of urea groups is 2. The number of hydrogen-bond donors (Lipinski definition) is 8. The molecule has 0 aromatic heterocycles. The molecule has 10 N–H and O–H groups in total. The molecular weight excluding hydrogens is 1130 g/mol. The number of benzene rings is 4. The molecule has 89 heavy (non-hydrogen) atoms. The Morgan fingerprint density at radius 3 is 1.21 bits per heavy atom. The number of nitrogens with two attached hydrogens (primary N) is 2. The summed E-state index contributed by atoms with van der Waals surface area (Å²) in [4.78, 5) is 102. The second-order valence-corrected chi connectivity index (χ2v) is 23.9. The van der Waals surface area contributed by atoms with Crippen LogP contribution in [0.3, 0.4) is 0 Å². The number of nitrogens with one attached hydrogen (secondary N) is 5. The summed E-state index contributed by atoms with van der Waals surface area (Å²) in [5.74, 6) is -2.13. The van der Waals surface area contributed by atoms with Crippen molar-refractivity contribution in [2.45, 2.75) is 145 Å². The monoisotopic (exact) mass is 1240 g/mol. The molecule has 4 aromatic carbocycles. The lowest BCUT2D eigenvalue weighted by Crippen LogP contribution is -2.49. The van der Waals surface area contributed by atoms with E-state index in [0.29, 0.717) is 51.1 Å². The van der Waals surface area contributed by atoms with Crippen LogP contribution in [0.25, 0.3) is 0 Å². The van der Waals surface area contributed by atoms with Crippen molar-refractivity contribution in [3.8, 4) is 0 Å². The Bertz CT molecular complexity index is 2750. The topological polar surface area (TPSA) is 297 Å². The van der Waals surface area contributed by atoms with Crippen LogP contribution in [0.2, 0.25) is 0 Å². The third kappa shape index (κ3) is 29.7. The van der Waals surface area contributed by atoms with E-state index in [-0.39, 0.29) is 96.8 Å². The second kappa shape index (κ2) is 41.2. The van der Waals surface area contributed by atoms with Gasteiger partial charge in [-0.1, -0.05) is 154 Å². The summed E-state index contributed by atoms with van der Waals surface area (Å²) in [5.41, 5.74) is 16.1. The first-order chi connectivity index (χ1) is 42.1. The average Bonchev–Trinajstić information content (AvgIpc) is 3.32. The van der Waals surface area contributed by atoms with Gasteiger partial charge in [-0.2, -0.15) is 0 Å². The number of carbonyl (C=O) groups is 8. The summed E-state index contributed by atoms with van der Waals surface area (Å²) in [6.45, 7) is 22.1. The number of ether oxygens (including phenoxy) is 2. The molecule has 21 nitrogen and oxygen atoms in total. The SMILES string of the molecule is CC(C)[C@H](C)C(=O)N[C@@H](CCCNC(N)=O)C(=O)N(C)c1ccc(CCN(C)[C@H](C(=O)OCc2ccccc2)C(C)C)cc1.CC(C)[C@H](C)C(=O)N[C@@H](CCCNC(N)=O)C(=O)O.CNc1ccc(CCN(C)[C@H](C(=O)OCc2ccccc2)C(C)C)cc1. The van der Waals surface area contributed by atoms with Gasteiger partial charge >= 0.3 is 30.0 Å². The Morgan fingerprint density at radius 2 is 0.865 bits per heavy atom. The minimum atomic E-state index is -1.08. The minimum Gasteiger partial charge on any atom is -0.480 e. The van der Waals surface area contributed by atoms with Gasteiger partial charge in [-0.3, -0.25) is 33.8 Å². The van der Waals surface area contributed by atoms with Crippen LogP contribution < -0.4 is 43.0 Å². The van der Waals surface area contributed by atoms with Gasteiger partial charge < -0.3 is 57.5 Å². The van der Waals surface area contributed by atoms with Crippen molar-refractivity contribution in [3.63, 3.8) is 0 Å². The first-order valence-electron chi connectivity index (χ1n) is 30.9. The second-order valence-electron chi connectivity index (χ2n) is 23.9. The van der Waals surface area contributed by atoms with Crippen molar-refractivity contribution in [2.24, 2.45) is 47.0 Å². The van der Waals surface area contributed by atoms with Gasteiger partial charge in [0.05, 0.1) is 0 Å². The van der Waals surface area contributed by atoms with Crippen molar-refractivity contribution >= 4 is 59.1 Å². The number of esters is 2. The summed E-state index contributed by atoms with van der Waals surface area (Å²) in [5, 5.41) is 22.5. The summed E-state index contributed by atoms with van der Waals surface area (Å²) < 4.78 is 11.2. The molecular formula is C68H104N10O11. The quantitative estimate of drug-likeness (QED) is 0.0161. The molecule has 6 atom stereocenters. The van der Waals surface area contributed by atoms with Crippen molar-refractivity contribution in [1.29, 1.82) is 0 Å². The molecule has 0 unspecified atom stereocenters. The number of rotatable bonds is 34. The highest BCUT2D eigenvalue weighted by atomic mass is 16.5. The Morgan fingerprint density at radius 1 is 0.494 bits per heavy atom. The van der Waals surface area contributed by atoms with Gasteiger partial charge in [-0.05, 0) is 123 Å². The van der Waals surface area contributed by atoms with E-state index >= 15 is 0 Å². The van der Waals surface area contributed by atoms with Gasteiger partial charge in [0.25, 0.3) is 0 Å². The van der Waals surface area contributed by atoms with E-state index in [2.05, 4.69) is 69.6 Å². The fourth-order valence-corrected chi connectivity index (χ4v) is 9.29. The fourth-order valence-electron chi connectivity index (χ4n) is 9.29. The molecule has 0 saturated heterocycles. The molecule has 4 rings (SSSR count). The van der Waals surface area contributed by atoms with Crippen molar-refractivity contribution in [1.82, 2.24) is 31.1 Å². The predicted molar refractivity (Wildman–Crippen MR) is 351 cm³/mol. The number of carboxylic acids is 1. The van der Waals surface area contributed by atoms with E-state index in [9.17, 15) is 38.4 Å². The molecule has 0 saturated carbocycles. The first kappa shape index (κ1) is 77.1. The zero-order chi connectivity index (χ0) is 66.8.